The molecule has 12 aromatic rings. The van der Waals surface area contributed by atoms with Crippen LogP contribution in [-0.2, 0) is 5.41 Å². The van der Waals surface area contributed by atoms with E-state index in [1.165, 1.54) is 77.1 Å². The highest BCUT2D eigenvalue weighted by Crippen LogP contribution is 2.50. The van der Waals surface area contributed by atoms with Crippen molar-refractivity contribution in [2.75, 3.05) is 0 Å². The zero-order valence-corrected chi connectivity index (χ0v) is 39.4. The van der Waals surface area contributed by atoms with E-state index in [0.29, 0.717) is 5.84 Å². The number of amidine groups is 2. The van der Waals surface area contributed by atoms with Crippen molar-refractivity contribution in [3.8, 4) is 44.8 Å². The third-order valence-electron chi connectivity index (χ3n) is 15.0. The summed E-state index contributed by atoms with van der Waals surface area (Å²) in [5.41, 5.74) is 19.7. The van der Waals surface area contributed by atoms with Gasteiger partial charge in [0.25, 0.3) is 0 Å². The summed E-state index contributed by atoms with van der Waals surface area (Å²) in [5, 5.41) is 8.60. The molecule has 0 saturated carbocycles. The lowest BCUT2D eigenvalue weighted by Crippen LogP contribution is -2.34. The molecule has 71 heavy (non-hydrogen) atoms. The Bertz CT molecular complexity index is 4160. The third kappa shape index (κ3) is 6.40. The van der Waals surface area contributed by atoms with Gasteiger partial charge in [0.05, 0.1) is 27.8 Å². The van der Waals surface area contributed by atoms with Crippen LogP contribution in [0.3, 0.4) is 0 Å². The maximum atomic E-state index is 5.53. The minimum Gasteiger partial charge on any atom is -0.344 e. The molecule has 1 N–H and O–H groups in total. The normalized spacial score (nSPS) is 14.9. The van der Waals surface area contributed by atoms with Crippen molar-refractivity contribution in [3.05, 3.63) is 264 Å². The van der Waals surface area contributed by atoms with Gasteiger partial charge in [-0.15, -0.1) is 0 Å². The molecule has 3 heterocycles. The molecule has 2 aromatic heterocycles. The van der Waals surface area contributed by atoms with Crippen LogP contribution in [0.2, 0.25) is 0 Å². The van der Waals surface area contributed by atoms with Gasteiger partial charge in [0, 0.05) is 43.8 Å². The Morgan fingerprint density at radius 2 is 0.986 bits per heavy atom. The summed E-state index contributed by atoms with van der Waals surface area (Å²) in [6.07, 6.45) is -0.373. The highest BCUT2D eigenvalue weighted by molar-refractivity contribution is 6.23. The fourth-order valence-electron chi connectivity index (χ4n) is 11.7. The lowest BCUT2D eigenvalue weighted by molar-refractivity contribution is 0.645. The Hall–Kier alpha value is -9.06. The largest absolute Gasteiger partial charge is 0.344 e. The van der Waals surface area contributed by atoms with E-state index in [1.807, 2.05) is 0 Å². The van der Waals surface area contributed by atoms with E-state index in [9.17, 15) is 0 Å². The molecule has 0 bridgehead atoms. The number of nitrogens with one attached hydrogen (secondary N) is 1. The lowest BCUT2D eigenvalue weighted by Gasteiger charge is -2.26. The average molecular weight is 910 g/mol. The van der Waals surface area contributed by atoms with Gasteiger partial charge in [-0.2, -0.15) is 0 Å². The van der Waals surface area contributed by atoms with Crippen LogP contribution in [0.25, 0.3) is 88.4 Å². The number of hydrogen-bond donors (Lipinski definition) is 1. The van der Waals surface area contributed by atoms with E-state index in [-0.39, 0.29) is 11.6 Å². The third-order valence-corrected chi connectivity index (χ3v) is 15.0. The summed E-state index contributed by atoms with van der Waals surface area (Å²) in [7, 11) is 0. The average Bonchev–Trinajstić information content (AvgIpc) is 4.04. The lowest BCUT2D eigenvalue weighted by atomic mass is 9.82. The molecule has 5 heteroatoms. The molecule has 0 fully saturated rings. The SMILES string of the molecule is CC1(C)c2ccccc2-c2ccc(C3N=C(c4ccccc4-n4c5ccccc5c5c(-c6cccc7c6c6ccc(-c8ccccc8)cc6n7-c6ccccc6)cccc54)N=C(c4ccccc4)N3)cc21. The van der Waals surface area contributed by atoms with E-state index in [0.717, 1.165) is 44.9 Å². The van der Waals surface area contributed by atoms with Gasteiger partial charge >= 0.3 is 0 Å². The maximum Gasteiger partial charge on any atom is 0.161 e. The van der Waals surface area contributed by atoms with E-state index in [4.69, 9.17) is 9.98 Å². The Morgan fingerprint density at radius 1 is 0.408 bits per heavy atom. The fraction of sp³-hybridized carbons (Fsp3) is 0.0606. The second-order valence-electron chi connectivity index (χ2n) is 19.3. The van der Waals surface area contributed by atoms with Crippen molar-refractivity contribution < 1.29 is 0 Å². The van der Waals surface area contributed by atoms with Crippen LogP contribution in [0.5, 0.6) is 0 Å². The molecule has 0 amide bonds. The van der Waals surface area contributed by atoms with Crippen molar-refractivity contribution in [2.45, 2.75) is 25.4 Å². The summed E-state index contributed by atoms with van der Waals surface area (Å²) in [6.45, 7) is 4.67. The monoisotopic (exact) mass is 909 g/mol. The molecule has 0 spiro atoms. The van der Waals surface area contributed by atoms with Crippen LogP contribution >= 0.6 is 0 Å². The Balaban J connectivity index is 0.966. The number of fused-ring (bicyclic) bond motifs is 9. The molecule has 336 valence electrons. The molecule has 1 atom stereocenters. The van der Waals surface area contributed by atoms with Gasteiger partial charge < -0.3 is 14.5 Å². The number of para-hydroxylation sites is 3. The molecule has 1 aliphatic heterocycles. The van der Waals surface area contributed by atoms with E-state index >= 15 is 0 Å². The van der Waals surface area contributed by atoms with Crippen LogP contribution in [0, 0.1) is 0 Å². The first-order valence-corrected chi connectivity index (χ1v) is 24.5. The van der Waals surface area contributed by atoms with Gasteiger partial charge in [-0.1, -0.05) is 202 Å². The van der Waals surface area contributed by atoms with Crippen LogP contribution in [0.1, 0.15) is 47.8 Å². The zero-order valence-electron chi connectivity index (χ0n) is 39.4. The van der Waals surface area contributed by atoms with Crippen LogP contribution < -0.4 is 5.32 Å². The Labute approximate surface area is 412 Å². The molecule has 0 radical (unpaired) electrons. The van der Waals surface area contributed by atoms with Gasteiger partial charge in [0.1, 0.15) is 12.0 Å². The zero-order chi connectivity index (χ0) is 47.2. The molecular formula is C66H47N5. The number of aromatic nitrogens is 2. The highest BCUT2D eigenvalue weighted by atomic mass is 15.2. The summed E-state index contributed by atoms with van der Waals surface area (Å²) in [6, 6.07) is 85.6. The standard InChI is InChI=1S/C66H47N5/c1-66(2)54-31-15-12-26-47(54)48-38-37-45(40-55(48)66)64-67-63(43-22-8-4-9-23-43)68-65(69-64)53-28-14-17-33-57(53)71-56-32-16-13-27-51(56)61-49(30-19-35-59(61)71)50-29-18-34-58-62(50)52-39-36-44(42-20-6-3-7-21-42)41-60(52)70(58)46-24-10-5-11-25-46/h3-41,64H,1-2H3,(H,67,68,69). The Kier molecular flexibility index (Phi) is 9.24. The second kappa shape index (κ2) is 16.0. The molecule has 14 rings (SSSR count). The van der Waals surface area contributed by atoms with Crippen molar-refractivity contribution in [2.24, 2.45) is 9.98 Å². The van der Waals surface area contributed by atoms with Gasteiger partial charge in [-0.3, -0.25) is 0 Å². The van der Waals surface area contributed by atoms with E-state index in [1.54, 1.807) is 0 Å². The van der Waals surface area contributed by atoms with Crippen molar-refractivity contribution >= 4 is 55.3 Å². The molecule has 10 aromatic carbocycles. The number of hydrogen-bond acceptors (Lipinski definition) is 3. The van der Waals surface area contributed by atoms with Crippen molar-refractivity contribution in [1.29, 1.82) is 0 Å². The van der Waals surface area contributed by atoms with Gasteiger partial charge in [0.15, 0.2) is 5.84 Å². The highest BCUT2D eigenvalue weighted by Gasteiger charge is 2.36. The molecule has 2 aliphatic rings. The second-order valence-corrected chi connectivity index (χ2v) is 19.3. The summed E-state index contributed by atoms with van der Waals surface area (Å²) < 4.78 is 4.86. The van der Waals surface area contributed by atoms with Crippen LogP contribution in [0.4, 0.5) is 0 Å². The van der Waals surface area contributed by atoms with Crippen molar-refractivity contribution in [3.63, 3.8) is 0 Å². The van der Waals surface area contributed by atoms with Crippen LogP contribution in [-0.4, -0.2) is 20.8 Å². The van der Waals surface area contributed by atoms with Crippen molar-refractivity contribution in [1.82, 2.24) is 14.5 Å². The predicted octanol–water partition coefficient (Wildman–Crippen LogP) is 16.0. The first-order chi connectivity index (χ1) is 35.0. The molecular weight excluding hydrogens is 863 g/mol. The topological polar surface area (TPSA) is 46.6 Å². The number of aliphatic imine (C=N–C) groups is 2. The van der Waals surface area contributed by atoms with Crippen LogP contribution in [0.15, 0.2) is 247 Å². The number of nitrogens with zero attached hydrogens (tertiary/aromatic N) is 4. The summed E-state index contributed by atoms with van der Waals surface area (Å²) in [5.74, 6) is 1.48. The van der Waals surface area contributed by atoms with E-state index < -0.39 is 0 Å². The minimum absolute atomic E-state index is 0.141. The number of rotatable bonds is 7. The number of benzene rings is 10. The Morgan fingerprint density at radius 3 is 1.75 bits per heavy atom. The summed E-state index contributed by atoms with van der Waals surface area (Å²) in [4.78, 5) is 10.9. The predicted molar refractivity (Wildman–Crippen MR) is 295 cm³/mol. The molecule has 1 aliphatic carbocycles. The van der Waals surface area contributed by atoms with Gasteiger partial charge in [-0.25, -0.2) is 9.98 Å². The summed E-state index contributed by atoms with van der Waals surface area (Å²) >= 11 is 0. The smallest absolute Gasteiger partial charge is 0.161 e. The minimum atomic E-state index is -0.373. The maximum absolute atomic E-state index is 5.53. The van der Waals surface area contributed by atoms with Gasteiger partial charge in [-0.05, 0) is 98.6 Å². The van der Waals surface area contributed by atoms with E-state index in [2.05, 4.69) is 265 Å². The molecule has 0 saturated heterocycles. The fourth-order valence-corrected chi connectivity index (χ4v) is 11.7. The van der Waals surface area contributed by atoms with Gasteiger partial charge in [0.2, 0.25) is 0 Å². The first kappa shape index (κ1) is 41.0. The molecule has 1 unspecified atom stereocenters. The first-order valence-electron chi connectivity index (χ1n) is 24.5. The molecule has 5 nitrogen and oxygen atoms in total. The quantitative estimate of drug-likeness (QED) is 0.170.